The molecule has 148 valence electrons. The maximum atomic E-state index is 4.52. The summed E-state index contributed by atoms with van der Waals surface area (Å²) in [7, 11) is 0. The molecule has 2 aromatic heterocycles. The van der Waals surface area contributed by atoms with E-state index in [4.69, 9.17) is 0 Å². The molecule has 2 nitrogen and oxygen atoms in total. The number of hydrogen-bond donors (Lipinski definition) is 0. The highest BCUT2D eigenvalue weighted by Crippen LogP contribution is 2.33. The van der Waals surface area contributed by atoms with E-state index in [1.165, 1.54) is 35.1 Å². The molecule has 2 aromatic carbocycles. The lowest BCUT2D eigenvalue weighted by Gasteiger charge is -2.12. The van der Waals surface area contributed by atoms with Gasteiger partial charge >= 0.3 is 0 Å². The normalized spacial score (nSPS) is 10.7. The Morgan fingerprint density at radius 3 is 2.20 bits per heavy atom. The predicted molar refractivity (Wildman–Crippen MR) is 127 cm³/mol. The molecule has 0 amide bonds. The topological polar surface area (TPSA) is 25.8 Å². The third-order valence-corrected chi connectivity index (χ3v) is 5.33. The second-order valence-corrected chi connectivity index (χ2v) is 7.56. The van der Waals surface area contributed by atoms with Gasteiger partial charge in [-0.3, -0.25) is 9.97 Å². The number of aryl methyl sites for hydroxylation is 1. The SMILES string of the molecule is C=Cc1cccc(-c2cc(-c3cccnc3)cc(-c3cncc(CCCC)c3)c2)c1. The number of hydrogen-bond acceptors (Lipinski definition) is 2. The second-order valence-electron chi connectivity index (χ2n) is 7.56. The van der Waals surface area contributed by atoms with Gasteiger partial charge in [0.1, 0.15) is 0 Å². The molecule has 0 atom stereocenters. The standard InChI is InChI=1S/C28H26N2/c1-3-5-8-22-14-28(20-30-18-22)27-16-25(23-10-6-9-21(4-2)13-23)15-26(17-27)24-11-7-12-29-19-24/h4,6-7,9-20H,2-3,5,8H2,1H3. The summed E-state index contributed by atoms with van der Waals surface area (Å²) >= 11 is 0. The Kier molecular flexibility index (Phi) is 6.14. The number of nitrogens with zero attached hydrogens (tertiary/aromatic N) is 2. The fourth-order valence-corrected chi connectivity index (χ4v) is 3.67. The van der Waals surface area contributed by atoms with Crippen LogP contribution in [0.3, 0.4) is 0 Å². The molecule has 0 spiro atoms. The zero-order chi connectivity index (χ0) is 20.8. The van der Waals surface area contributed by atoms with Crippen LogP contribution in [0.4, 0.5) is 0 Å². The van der Waals surface area contributed by atoms with Crippen molar-refractivity contribution in [3.05, 3.63) is 103 Å². The fourth-order valence-electron chi connectivity index (χ4n) is 3.67. The first kappa shape index (κ1) is 19.8. The minimum atomic E-state index is 1.06. The van der Waals surface area contributed by atoms with Crippen molar-refractivity contribution in [2.75, 3.05) is 0 Å². The predicted octanol–water partition coefficient (Wildman–Crippen LogP) is 7.46. The van der Waals surface area contributed by atoms with E-state index in [1.54, 1.807) is 0 Å². The fraction of sp³-hybridized carbons (Fsp3) is 0.143. The lowest BCUT2D eigenvalue weighted by atomic mass is 9.93. The quantitative estimate of drug-likeness (QED) is 0.327. The van der Waals surface area contributed by atoms with Gasteiger partial charge in [0.15, 0.2) is 0 Å². The summed E-state index contributed by atoms with van der Waals surface area (Å²) in [6, 6.07) is 21.6. The van der Waals surface area contributed by atoms with Gasteiger partial charge < -0.3 is 0 Å². The van der Waals surface area contributed by atoms with Crippen molar-refractivity contribution < 1.29 is 0 Å². The third kappa shape index (κ3) is 4.55. The minimum Gasteiger partial charge on any atom is -0.264 e. The number of unbranched alkanes of at least 4 members (excludes halogenated alkanes) is 1. The molecular formula is C28H26N2. The zero-order valence-corrected chi connectivity index (χ0v) is 17.4. The van der Waals surface area contributed by atoms with Gasteiger partial charge in [0, 0.05) is 35.9 Å². The molecule has 30 heavy (non-hydrogen) atoms. The van der Waals surface area contributed by atoms with Crippen LogP contribution < -0.4 is 0 Å². The molecule has 0 radical (unpaired) electrons. The average Bonchev–Trinajstić information content (AvgIpc) is 2.83. The van der Waals surface area contributed by atoms with Crippen molar-refractivity contribution in [2.24, 2.45) is 0 Å². The summed E-state index contributed by atoms with van der Waals surface area (Å²) in [5, 5.41) is 0. The lowest BCUT2D eigenvalue weighted by Crippen LogP contribution is -1.91. The summed E-state index contributed by atoms with van der Waals surface area (Å²) in [5.74, 6) is 0. The molecule has 4 aromatic rings. The van der Waals surface area contributed by atoms with Gasteiger partial charge in [-0.2, -0.15) is 0 Å². The van der Waals surface area contributed by atoms with Crippen LogP contribution in [-0.4, -0.2) is 9.97 Å². The molecule has 2 heterocycles. The van der Waals surface area contributed by atoms with E-state index in [9.17, 15) is 0 Å². The lowest BCUT2D eigenvalue weighted by molar-refractivity contribution is 0.792. The monoisotopic (exact) mass is 390 g/mol. The van der Waals surface area contributed by atoms with Crippen LogP contribution in [0.15, 0.2) is 92.0 Å². The highest BCUT2D eigenvalue weighted by Gasteiger charge is 2.09. The Morgan fingerprint density at radius 2 is 1.47 bits per heavy atom. The molecule has 0 bridgehead atoms. The van der Waals surface area contributed by atoms with Crippen LogP contribution in [-0.2, 0) is 6.42 Å². The van der Waals surface area contributed by atoms with Crippen molar-refractivity contribution in [3.8, 4) is 33.4 Å². The second kappa shape index (κ2) is 9.32. The van der Waals surface area contributed by atoms with E-state index >= 15 is 0 Å². The van der Waals surface area contributed by atoms with E-state index in [2.05, 4.69) is 78.1 Å². The number of rotatable bonds is 7. The van der Waals surface area contributed by atoms with Crippen LogP contribution in [0, 0.1) is 0 Å². The summed E-state index contributed by atoms with van der Waals surface area (Å²) in [5.41, 5.74) is 9.33. The number of aromatic nitrogens is 2. The molecule has 0 aliphatic heterocycles. The van der Waals surface area contributed by atoms with E-state index in [-0.39, 0.29) is 0 Å². The van der Waals surface area contributed by atoms with Gasteiger partial charge in [0.2, 0.25) is 0 Å². The Labute approximate surface area is 179 Å². The van der Waals surface area contributed by atoms with E-state index in [0.29, 0.717) is 0 Å². The maximum Gasteiger partial charge on any atom is 0.0346 e. The number of pyridine rings is 2. The molecule has 0 unspecified atom stereocenters. The largest absolute Gasteiger partial charge is 0.264 e. The van der Waals surface area contributed by atoms with Gasteiger partial charge in [-0.05, 0) is 82.6 Å². The van der Waals surface area contributed by atoms with Gasteiger partial charge in [-0.1, -0.05) is 50.3 Å². The van der Waals surface area contributed by atoms with Gasteiger partial charge in [0.05, 0.1) is 0 Å². The van der Waals surface area contributed by atoms with Crippen molar-refractivity contribution in [2.45, 2.75) is 26.2 Å². The zero-order valence-electron chi connectivity index (χ0n) is 17.4. The Balaban J connectivity index is 1.85. The first-order valence-electron chi connectivity index (χ1n) is 10.5. The molecule has 0 aliphatic rings. The van der Waals surface area contributed by atoms with Crippen molar-refractivity contribution in [1.82, 2.24) is 9.97 Å². The Morgan fingerprint density at radius 1 is 0.733 bits per heavy atom. The van der Waals surface area contributed by atoms with Gasteiger partial charge in [-0.25, -0.2) is 0 Å². The Bertz CT molecular complexity index is 1150. The summed E-state index contributed by atoms with van der Waals surface area (Å²) < 4.78 is 0. The maximum absolute atomic E-state index is 4.52. The smallest absolute Gasteiger partial charge is 0.0346 e. The van der Waals surface area contributed by atoms with Crippen LogP contribution in [0.5, 0.6) is 0 Å². The molecular weight excluding hydrogens is 364 g/mol. The van der Waals surface area contributed by atoms with E-state index in [1.807, 2.05) is 36.9 Å². The minimum absolute atomic E-state index is 1.06. The highest BCUT2D eigenvalue weighted by atomic mass is 14.6. The number of benzene rings is 2. The highest BCUT2D eigenvalue weighted by molar-refractivity contribution is 5.81. The van der Waals surface area contributed by atoms with Crippen LogP contribution in [0.2, 0.25) is 0 Å². The molecule has 0 fully saturated rings. The van der Waals surface area contributed by atoms with E-state index in [0.717, 1.165) is 28.7 Å². The molecule has 0 saturated heterocycles. The van der Waals surface area contributed by atoms with Crippen molar-refractivity contribution >= 4 is 6.08 Å². The van der Waals surface area contributed by atoms with Crippen LogP contribution >= 0.6 is 0 Å². The van der Waals surface area contributed by atoms with Crippen molar-refractivity contribution in [3.63, 3.8) is 0 Å². The summed E-state index contributed by atoms with van der Waals surface area (Å²) in [6.07, 6.45) is 13.0. The summed E-state index contributed by atoms with van der Waals surface area (Å²) in [4.78, 5) is 8.84. The average molecular weight is 391 g/mol. The van der Waals surface area contributed by atoms with E-state index < -0.39 is 0 Å². The van der Waals surface area contributed by atoms with Gasteiger partial charge in [0.25, 0.3) is 0 Å². The molecule has 2 heteroatoms. The van der Waals surface area contributed by atoms with Crippen molar-refractivity contribution in [1.29, 1.82) is 0 Å². The molecule has 0 saturated carbocycles. The first-order chi connectivity index (χ1) is 14.8. The van der Waals surface area contributed by atoms with Gasteiger partial charge in [-0.15, -0.1) is 0 Å². The molecule has 4 rings (SSSR count). The molecule has 0 aliphatic carbocycles. The van der Waals surface area contributed by atoms with Crippen LogP contribution in [0.25, 0.3) is 39.5 Å². The molecule has 0 N–H and O–H groups in total. The third-order valence-electron chi connectivity index (χ3n) is 5.33. The first-order valence-corrected chi connectivity index (χ1v) is 10.5. The van der Waals surface area contributed by atoms with Crippen LogP contribution in [0.1, 0.15) is 30.9 Å². The Hall–Kier alpha value is -3.52. The summed E-state index contributed by atoms with van der Waals surface area (Å²) in [6.45, 7) is 6.13.